The Morgan fingerprint density at radius 1 is 0.979 bits per heavy atom. The average Bonchev–Trinajstić information content (AvgIpc) is 3.52. The minimum Gasteiger partial charge on any atom is -0.436 e. The number of amides is 4. The minimum absolute atomic E-state index is 0.0802. The number of carbonyl (C=O) groups excluding carboxylic acids is 3. The summed E-state index contributed by atoms with van der Waals surface area (Å²) in [6, 6.07) is 2.28. The third-order valence-electron chi connectivity index (χ3n) is 9.87. The smallest absolute Gasteiger partial charge is 0.418 e. The number of hydrogen-bond acceptors (Lipinski definition) is 7. The molecule has 0 saturated carbocycles. The lowest BCUT2D eigenvalue weighted by atomic mass is 9.98. The van der Waals surface area contributed by atoms with Crippen LogP contribution in [0.1, 0.15) is 61.6 Å². The van der Waals surface area contributed by atoms with Gasteiger partial charge in [0.25, 0.3) is 5.91 Å². The second-order valence-corrected chi connectivity index (χ2v) is 14.0. The van der Waals surface area contributed by atoms with Crippen molar-refractivity contribution in [1.29, 1.82) is 0 Å². The fourth-order valence-corrected chi connectivity index (χ4v) is 8.23. The molecule has 4 aliphatic heterocycles. The van der Waals surface area contributed by atoms with Gasteiger partial charge in [-0.2, -0.15) is 13.2 Å². The maximum atomic E-state index is 13.9. The number of nitrogens with two attached hydrogens (primary N) is 1. The van der Waals surface area contributed by atoms with Crippen LogP contribution in [0.5, 0.6) is 0 Å². The largest absolute Gasteiger partial charge is 0.436 e. The maximum absolute atomic E-state index is 13.9. The van der Waals surface area contributed by atoms with Crippen molar-refractivity contribution < 1.29 is 32.3 Å². The first-order valence-corrected chi connectivity index (χ1v) is 17.6. The summed E-state index contributed by atoms with van der Waals surface area (Å²) in [5.74, 6) is -0.441. The summed E-state index contributed by atoms with van der Waals surface area (Å²) in [5.41, 5.74) is 5.91. The number of halogens is 4. The van der Waals surface area contributed by atoms with Gasteiger partial charge in [0.05, 0.1) is 28.5 Å². The molecule has 3 fully saturated rings. The summed E-state index contributed by atoms with van der Waals surface area (Å²) in [7, 11) is 0. The van der Waals surface area contributed by atoms with Crippen LogP contribution in [-0.2, 0) is 28.7 Å². The Morgan fingerprint density at radius 2 is 1.64 bits per heavy atom. The van der Waals surface area contributed by atoms with E-state index in [0.717, 1.165) is 43.2 Å². The summed E-state index contributed by atoms with van der Waals surface area (Å²) >= 11 is 7.62. The Labute approximate surface area is 280 Å². The molecule has 6 rings (SSSR count). The number of urea groups is 1. The number of nitrogens with zero attached hydrogens (tertiary/aromatic N) is 4. The molecule has 1 atom stereocenters. The van der Waals surface area contributed by atoms with Gasteiger partial charge in [0.1, 0.15) is 0 Å². The van der Waals surface area contributed by atoms with E-state index in [1.807, 2.05) is 10.8 Å². The van der Waals surface area contributed by atoms with Crippen molar-refractivity contribution in [2.45, 2.75) is 82.3 Å². The Hall–Kier alpha value is -3.23. The number of piperidine rings is 3. The molecular formula is C32H40ClF3N6O4S. The van der Waals surface area contributed by atoms with E-state index in [2.05, 4.69) is 10.2 Å². The molecule has 47 heavy (non-hydrogen) atoms. The van der Waals surface area contributed by atoms with Gasteiger partial charge < -0.3 is 35.4 Å². The van der Waals surface area contributed by atoms with Crippen molar-refractivity contribution in [1.82, 2.24) is 19.6 Å². The highest BCUT2D eigenvalue weighted by Gasteiger charge is 2.38. The molecule has 256 valence electrons. The topological polar surface area (TPSA) is 111 Å². The molecule has 15 heteroatoms. The van der Waals surface area contributed by atoms with Gasteiger partial charge in [0.2, 0.25) is 0 Å². The summed E-state index contributed by atoms with van der Waals surface area (Å²) < 4.78 is 47.1. The van der Waals surface area contributed by atoms with E-state index < -0.39 is 35.5 Å². The lowest BCUT2D eigenvalue weighted by Crippen LogP contribution is -2.53. The van der Waals surface area contributed by atoms with Gasteiger partial charge in [-0.25, -0.2) is 9.59 Å². The van der Waals surface area contributed by atoms with Crippen molar-refractivity contribution in [3.05, 3.63) is 44.6 Å². The van der Waals surface area contributed by atoms with Gasteiger partial charge in [0.15, 0.2) is 6.10 Å². The van der Waals surface area contributed by atoms with Gasteiger partial charge >= 0.3 is 18.3 Å². The Kier molecular flexibility index (Phi) is 10.1. The summed E-state index contributed by atoms with van der Waals surface area (Å²) in [6.45, 7) is 4.14. The van der Waals surface area contributed by atoms with Crippen LogP contribution in [0.4, 0.5) is 34.1 Å². The molecule has 3 N–H and O–H groups in total. The molecule has 0 spiro atoms. The highest BCUT2D eigenvalue weighted by atomic mass is 35.5. The van der Waals surface area contributed by atoms with Crippen LogP contribution in [0, 0.1) is 0 Å². The molecule has 10 nitrogen and oxygen atoms in total. The number of ether oxygens (including phenoxy) is 1. The third-order valence-corrected chi connectivity index (χ3v) is 11.0. The van der Waals surface area contributed by atoms with E-state index in [9.17, 15) is 27.6 Å². The number of carbonyl (C=O) groups is 3. The summed E-state index contributed by atoms with van der Waals surface area (Å²) in [5, 5.41) is 6.54. The molecule has 0 unspecified atom stereocenters. The molecule has 1 aromatic heterocycles. The van der Waals surface area contributed by atoms with E-state index in [4.69, 9.17) is 22.1 Å². The number of hydrogen-bond donors (Lipinski definition) is 2. The van der Waals surface area contributed by atoms with Crippen molar-refractivity contribution >= 4 is 52.3 Å². The van der Waals surface area contributed by atoms with E-state index >= 15 is 0 Å². The Balaban J connectivity index is 1.13. The van der Waals surface area contributed by atoms with Crippen LogP contribution in [-0.4, -0.2) is 95.1 Å². The van der Waals surface area contributed by atoms with Crippen molar-refractivity contribution in [2.24, 2.45) is 0 Å². The van der Waals surface area contributed by atoms with Crippen LogP contribution in [0.15, 0.2) is 22.9 Å². The first kappa shape index (κ1) is 33.7. The van der Waals surface area contributed by atoms with Crippen LogP contribution >= 0.6 is 22.9 Å². The second kappa shape index (κ2) is 14.1. The molecule has 4 aliphatic rings. The highest BCUT2D eigenvalue weighted by molar-refractivity contribution is 7.08. The standard InChI is InChI=1S/C32H40ClF3N6O4S/c33-25-15-20(14-24(28(25)37)32(34,35)36)16-27(29(43)40-10-4-22(5-11-40)39-8-2-1-3-9-39)46-31(45)41-12-6-23(7-13-41)42-17-21-18-47-19-26(21)38-30(42)44/h14-15,18-19,22-23,27H,1-13,16-17,37H2,(H,38,44)/t27-/m1/s1. The molecule has 5 heterocycles. The van der Waals surface area contributed by atoms with Crippen LogP contribution in [0.3, 0.4) is 0 Å². The lowest BCUT2D eigenvalue weighted by molar-refractivity contribution is -0.142. The summed E-state index contributed by atoms with van der Waals surface area (Å²) in [4.78, 5) is 47.5. The van der Waals surface area contributed by atoms with E-state index in [1.165, 1.54) is 41.6 Å². The van der Waals surface area contributed by atoms with Crippen molar-refractivity contribution in [2.75, 3.05) is 50.3 Å². The number of alkyl halides is 3. The molecule has 0 aliphatic carbocycles. The van der Waals surface area contributed by atoms with Crippen molar-refractivity contribution in [3.63, 3.8) is 0 Å². The van der Waals surface area contributed by atoms with Gasteiger partial charge in [-0.15, -0.1) is 11.3 Å². The third kappa shape index (κ3) is 7.59. The van der Waals surface area contributed by atoms with E-state index in [0.29, 0.717) is 51.6 Å². The Bertz CT molecular complexity index is 1470. The van der Waals surface area contributed by atoms with Gasteiger partial charge in [-0.05, 0) is 74.7 Å². The average molecular weight is 697 g/mol. The Morgan fingerprint density at radius 3 is 2.32 bits per heavy atom. The van der Waals surface area contributed by atoms with Gasteiger partial charge in [-0.1, -0.05) is 18.0 Å². The van der Waals surface area contributed by atoms with E-state index in [-0.39, 0.29) is 29.1 Å². The number of likely N-dealkylation sites (tertiary alicyclic amines) is 3. The molecule has 2 aromatic rings. The number of nitrogen functional groups attached to an aromatic ring is 1. The molecular weight excluding hydrogens is 657 g/mol. The highest BCUT2D eigenvalue weighted by Crippen LogP contribution is 2.38. The van der Waals surface area contributed by atoms with Crippen LogP contribution in [0.25, 0.3) is 0 Å². The normalized spacial score (nSPS) is 20.9. The quantitative estimate of drug-likeness (QED) is 0.357. The summed E-state index contributed by atoms with van der Waals surface area (Å²) in [6.07, 6.45) is -0.940. The van der Waals surface area contributed by atoms with Gasteiger partial charge in [-0.3, -0.25) is 4.79 Å². The number of rotatable bonds is 6. The SMILES string of the molecule is Nc1c(Cl)cc(C[C@@H](OC(=O)N2CCC(N3Cc4cscc4NC3=O)CC2)C(=O)N2CCC(N3CCCCC3)CC2)cc1C(F)(F)F. The molecule has 0 bridgehead atoms. The predicted molar refractivity (Wildman–Crippen MR) is 173 cm³/mol. The number of fused-ring (bicyclic) bond motifs is 1. The molecule has 0 radical (unpaired) electrons. The first-order valence-electron chi connectivity index (χ1n) is 16.2. The maximum Gasteiger partial charge on any atom is 0.418 e. The molecule has 4 amide bonds. The van der Waals surface area contributed by atoms with Gasteiger partial charge in [0, 0.05) is 55.6 Å². The zero-order chi connectivity index (χ0) is 33.3. The molecule has 3 saturated heterocycles. The van der Waals surface area contributed by atoms with Crippen LogP contribution in [0.2, 0.25) is 5.02 Å². The lowest BCUT2D eigenvalue weighted by Gasteiger charge is -2.41. The number of benzene rings is 1. The monoisotopic (exact) mass is 696 g/mol. The number of anilines is 2. The fraction of sp³-hybridized carbons (Fsp3) is 0.594. The number of nitrogens with one attached hydrogen (secondary N) is 1. The first-order chi connectivity index (χ1) is 22.5. The second-order valence-electron chi connectivity index (χ2n) is 12.9. The predicted octanol–water partition coefficient (Wildman–Crippen LogP) is 6.04. The number of thiophene rings is 1. The minimum atomic E-state index is -4.75. The zero-order valence-corrected chi connectivity index (χ0v) is 27.6. The molecule has 1 aromatic carbocycles. The zero-order valence-electron chi connectivity index (χ0n) is 26.1. The van der Waals surface area contributed by atoms with E-state index in [1.54, 1.807) is 9.80 Å². The van der Waals surface area contributed by atoms with Crippen molar-refractivity contribution in [3.8, 4) is 0 Å². The van der Waals surface area contributed by atoms with Crippen LogP contribution < -0.4 is 11.1 Å². The fourth-order valence-electron chi connectivity index (χ4n) is 7.21.